The van der Waals surface area contributed by atoms with E-state index in [2.05, 4.69) is 5.32 Å². The lowest BCUT2D eigenvalue weighted by atomic mass is 10.1. The molecule has 0 bridgehead atoms. The summed E-state index contributed by atoms with van der Waals surface area (Å²) in [6.45, 7) is 0. The van der Waals surface area contributed by atoms with Gasteiger partial charge in [0, 0.05) is 5.56 Å². The fraction of sp³-hybridized carbons (Fsp3) is 0.105. The molecule has 0 radical (unpaired) electrons. The van der Waals surface area contributed by atoms with E-state index in [9.17, 15) is 9.59 Å². The summed E-state index contributed by atoms with van der Waals surface area (Å²) >= 11 is 5.18. The van der Waals surface area contributed by atoms with Crippen LogP contribution in [0.15, 0.2) is 54.1 Å². The molecule has 26 heavy (non-hydrogen) atoms. The number of carbonyl (C=O) groups is 2. The topological polar surface area (TPSA) is 67.9 Å². The van der Waals surface area contributed by atoms with Crippen molar-refractivity contribution in [2.45, 2.75) is 0 Å². The van der Waals surface area contributed by atoms with Gasteiger partial charge < -0.3 is 9.47 Å². The highest BCUT2D eigenvalue weighted by Crippen LogP contribution is 2.26. The molecular formula is C19H16N2O4S. The van der Waals surface area contributed by atoms with Crippen LogP contribution in [0.1, 0.15) is 5.56 Å². The Hall–Kier alpha value is -3.19. The number of para-hydroxylation sites is 1. The van der Waals surface area contributed by atoms with Crippen LogP contribution in [0.5, 0.6) is 11.5 Å². The predicted octanol–water partition coefficient (Wildman–Crippen LogP) is 2.54. The number of methoxy groups -OCH3 is 2. The third-order valence-electron chi connectivity index (χ3n) is 3.87. The molecule has 1 heterocycles. The number of nitrogens with zero attached hydrogens (tertiary/aromatic N) is 1. The van der Waals surface area contributed by atoms with Crippen molar-refractivity contribution in [1.82, 2.24) is 5.32 Å². The van der Waals surface area contributed by atoms with Crippen molar-refractivity contribution in [3.63, 3.8) is 0 Å². The third kappa shape index (κ3) is 3.29. The molecule has 6 nitrogen and oxygen atoms in total. The van der Waals surface area contributed by atoms with Crippen LogP contribution in [0.4, 0.5) is 5.69 Å². The first-order valence-corrected chi connectivity index (χ1v) is 8.14. The summed E-state index contributed by atoms with van der Waals surface area (Å²) in [7, 11) is 3.08. The van der Waals surface area contributed by atoms with E-state index in [1.165, 1.54) is 18.1 Å². The fourth-order valence-corrected chi connectivity index (χ4v) is 2.85. The maximum absolute atomic E-state index is 12.9. The Balaban J connectivity index is 2.01. The van der Waals surface area contributed by atoms with E-state index in [1.807, 2.05) is 6.07 Å². The zero-order valence-corrected chi connectivity index (χ0v) is 15.0. The van der Waals surface area contributed by atoms with Crippen molar-refractivity contribution in [1.29, 1.82) is 0 Å². The number of amides is 2. The maximum atomic E-state index is 12.9. The van der Waals surface area contributed by atoms with Crippen molar-refractivity contribution >= 4 is 40.9 Å². The van der Waals surface area contributed by atoms with Gasteiger partial charge in [-0.25, -0.2) is 0 Å². The monoisotopic (exact) mass is 368 g/mol. The molecule has 1 saturated heterocycles. The smallest absolute Gasteiger partial charge is 0.270 e. The van der Waals surface area contributed by atoms with Crippen molar-refractivity contribution in [3.05, 3.63) is 59.7 Å². The van der Waals surface area contributed by atoms with Crippen molar-refractivity contribution in [2.75, 3.05) is 19.1 Å². The number of ether oxygens (including phenoxy) is 2. The zero-order valence-electron chi connectivity index (χ0n) is 14.2. The molecule has 132 valence electrons. The lowest BCUT2D eigenvalue weighted by Crippen LogP contribution is -2.54. The average Bonchev–Trinajstić information content (AvgIpc) is 2.66. The lowest BCUT2D eigenvalue weighted by Gasteiger charge is -2.29. The third-order valence-corrected chi connectivity index (χ3v) is 4.16. The van der Waals surface area contributed by atoms with Gasteiger partial charge in [-0.05, 0) is 48.6 Å². The highest BCUT2D eigenvalue weighted by atomic mass is 32.1. The molecule has 0 saturated carbocycles. The van der Waals surface area contributed by atoms with Gasteiger partial charge in [-0.15, -0.1) is 0 Å². The average molecular weight is 368 g/mol. The number of hydrogen-bond donors (Lipinski definition) is 1. The molecule has 2 aromatic rings. The van der Waals surface area contributed by atoms with Gasteiger partial charge in [-0.2, -0.15) is 0 Å². The van der Waals surface area contributed by atoms with Gasteiger partial charge >= 0.3 is 0 Å². The number of thiocarbonyl (C=S) groups is 1. The molecular weight excluding hydrogens is 352 g/mol. The molecule has 2 amide bonds. The molecule has 1 aliphatic heterocycles. The summed E-state index contributed by atoms with van der Waals surface area (Å²) in [6, 6.07) is 13.9. The van der Waals surface area contributed by atoms with E-state index < -0.39 is 11.8 Å². The Labute approximate surface area is 156 Å². The van der Waals surface area contributed by atoms with E-state index in [-0.39, 0.29) is 10.7 Å². The summed E-state index contributed by atoms with van der Waals surface area (Å²) < 4.78 is 10.4. The number of benzene rings is 2. The molecule has 0 aromatic heterocycles. The molecule has 0 atom stereocenters. The van der Waals surface area contributed by atoms with E-state index in [4.69, 9.17) is 21.7 Å². The second-order valence-electron chi connectivity index (χ2n) is 5.40. The Morgan fingerprint density at radius 3 is 2.35 bits per heavy atom. The minimum Gasteiger partial charge on any atom is -0.497 e. The van der Waals surface area contributed by atoms with Crippen molar-refractivity contribution in [3.8, 4) is 11.5 Å². The van der Waals surface area contributed by atoms with Crippen LogP contribution in [0, 0.1) is 0 Å². The summed E-state index contributed by atoms with van der Waals surface area (Å²) in [5.74, 6) is 0.160. The first kappa shape index (κ1) is 17.6. The second-order valence-corrected chi connectivity index (χ2v) is 5.78. The quantitative estimate of drug-likeness (QED) is 0.510. The van der Waals surface area contributed by atoms with Crippen LogP contribution in [0.25, 0.3) is 6.08 Å². The lowest BCUT2D eigenvalue weighted by molar-refractivity contribution is -0.122. The second kappa shape index (κ2) is 7.37. The van der Waals surface area contributed by atoms with Crippen LogP contribution < -0.4 is 19.7 Å². The minimum absolute atomic E-state index is 0.0288. The summed E-state index contributed by atoms with van der Waals surface area (Å²) in [4.78, 5) is 26.5. The van der Waals surface area contributed by atoms with Gasteiger partial charge in [0.1, 0.15) is 17.1 Å². The molecule has 3 rings (SSSR count). The van der Waals surface area contributed by atoms with Crippen LogP contribution in [-0.4, -0.2) is 31.1 Å². The molecule has 2 aromatic carbocycles. The SMILES string of the molecule is COc1ccc(N2C(=O)C(=Cc3ccccc3OC)C(=O)NC2=S)cc1. The van der Waals surface area contributed by atoms with Gasteiger partial charge in [-0.1, -0.05) is 18.2 Å². The van der Waals surface area contributed by atoms with Gasteiger partial charge in [-0.3, -0.25) is 19.8 Å². The number of anilines is 1. The summed E-state index contributed by atoms with van der Waals surface area (Å²) in [5, 5.41) is 2.58. The molecule has 1 N–H and O–H groups in total. The number of rotatable bonds is 4. The van der Waals surface area contributed by atoms with E-state index in [0.717, 1.165) is 0 Å². The largest absolute Gasteiger partial charge is 0.497 e. The van der Waals surface area contributed by atoms with Gasteiger partial charge in [0.2, 0.25) is 0 Å². The highest BCUT2D eigenvalue weighted by molar-refractivity contribution is 7.80. The molecule has 1 fully saturated rings. The molecule has 0 aliphatic carbocycles. The van der Waals surface area contributed by atoms with E-state index >= 15 is 0 Å². The molecule has 7 heteroatoms. The Kier molecular flexibility index (Phi) is 4.99. The molecule has 1 aliphatic rings. The minimum atomic E-state index is -0.546. The zero-order chi connectivity index (χ0) is 18.7. The highest BCUT2D eigenvalue weighted by Gasteiger charge is 2.34. The molecule has 0 unspecified atom stereocenters. The van der Waals surface area contributed by atoms with Gasteiger partial charge in [0.15, 0.2) is 5.11 Å². The number of hydrogen-bond acceptors (Lipinski definition) is 5. The maximum Gasteiger partial charge on any atom is 0.270 e. The Morgan fingerprint density at radius 1 is 1.00 bits per heavy atom. The number of nitrogens with one attached hydrogen (secondary N) is 1. The van der Waals surface area contributed by atoms with E-state index in [0.29, 0.717) is 22.7 Å². The van der Waals surface area contributed by atoms with Crippen LogP contribution in [0.3, 0.4) is 0 Å². The summed E-state index contributed by atoms with van der Waals surface area (Å²) in [5.41, 5.74) is 1.13. The normalized spacial score (nSPS) is 15.8. The van der Waals surface area contributed by atoms with Crippen LogP contribution in [0.2, 0.25) is 0 Å². The van der Waals surface area contributed by atoms with Crippen LogP contribution >= 0.6 is 12.2 Å². The van der Waals surface area contributed by atoms with E-state index in [1.54, 1.807) is 49.6 Å². The van der Waals surface area contributed by atoms with Crippen LogP contribution in [-0.2, 0) is 9.59 Å². The predicted molar refractivity (Wildman–Crippen MR) is 102 cm³/mol. The van der Waals surface area contributed by atoms with Gasteiger partial charge in [0.05, 0.1) is 19.9 Å². The fourth-order valence-electron chi connectivity index (χ4n) is 2.56. The Morgan fingerprint density at radius 2 is 1.69 bits per heavy atom. The first-order chi connectivity index (χ1) is 12.5. The Bertz CT molecular complexity index is 906. The van der Waals surface area contributed by atoms with Crippen molar-refractivity contribution in [2.24, 2.45) is 0 Å². The summed E-state index contributed by atoms with van der Waals surface area (Å²) in [6.07, 6.45) is 1.49. The number of carbonyl (C=O) groups excluding carboxylic acids is 2. The first-order valence-electron chi connectivity index (χ1n) is 7.73. The van der Waals surface area contributed by atoms with Crippen molar-refractivity contribution < 1.29 is 19.1 Å². The standard InChI is InChI=1S/C19H16N2O4S/c1-24-14-9-7-13(8-10-14)21-18(23)15(17(22)20-19(21)26)11-12-5-3-4-6-16(12)25-2/h3-11H,1-2H3,(H,20,22,26). The van der Waals surface area contributed by atoms with Gasteiger partial charge in [0.25, 0.3) is 11.8 Å². The molecule has 0 spiro atoms.